The second-order valence-corrected chi connectivity index (χ2v) is 16.2. The Morgan fingerprint density at radius 2 is 1.36 bits per heavy atom. The van der Waals surface area contributed by atoms with E-state index in [1.165, 1.54) is 44.7 Å². The SMILES string of the molecule is Cc1cc(C)cc(C(N)SC(N)c2ccc(C3=CC=CC4C(C5C=CC=CC5C5=CC(C6=CC=CCC6)NC(c6ccccc6)N5)=CC=CC34)cc2)c1. The van der Waals surface area contributed by atoms with Gasteiger partial charge in [0, 0.05) is 29.4 Å². The first-order chi connectivity index (χ1) is 25.9. The largest absolute Gasteiger partial charge is 0.369 e. The Kier molecular flexibility index (Phi) is 10.5. The lowest BCUT2D eigenvalue weighted by molar-refractivity contribution is 0.387. The first kappa shape index (κ1) is 35.4. The van der Waals surface area contributed by atoms with Crippen molar-refractivity contribution >= 4 is 17.3 Å². The number of fused-ring (bicyclic) bond motifs is 1. The number of rotatable bonds is 9. The predicted molar refractivity (Wildman–Crippen MR) is 224 cm³/mol. The standard InChI is InChI=1S/C48H50N4S/c1-31-27-32(2)29-37(28-31)47(50)53-46(49)35-25-23-33(24-26-35)38-19-11-21-40-39(38)20-12-22-41(40)42-17-9-10-18-43(42)45-30-44(34-13-5-3-6-14-34)51-48(52-45)36-15-7-4-8-16-36/h3-5,7-13,15-30,39-40,42-44,46-48,51-52H,6,14,49-50H2,1-2H3. The Morgan fingerprint density at radius 1 is 0.679 bits per heavy atom. The summed E-state index contributed by atoms with van der Waals surface area (Å²) >= 11 is 1.60. The molecule has 0 amide bonds. The lowest BCUT2D eigenvalue weighted by Gasteiger charge is -2.41. The molecule has 8 atom stereocenters. The summed E-state index contributed by atoms with van der Waals surface area (Å²) in [6.07, 6.45) is 34.7. The molecule has 0 saturated heterocycles. The van der Waals surface area contributed by atoms with E-state index in [1.54, 1.807) is 11.8 Å². The fraction of sp³-hybridized carbons (Fsp3) is 0.250. The predicted octanol–water partition coefficient (Wildman–Crippen LogP) is 10.1. The molecule has 3 aromatic rings. The van der Waals surface area contributed by atoms with Crippen LogP contribution in [0, 0.1) is 37.5 Å². The zero-order chi connectivity index (χ0) is 36.3. The quantitative estimate of drug-likeness (QED) is 0.166. The Bertz CT molecular complexity index is 2070. The number of aryl methyl sites for hydroxylation is 2. The number of allylic oxidation sites excluding steroid dienone is 15. The molecule has 268 valence electrons. The monoisotopic (exact) mass is 714 g/mol. The van der Waals surface area contributed by atoms with Gasteiger partial charge >= 0.3 is 0 Å². The van der Waals surface area contributed by atoms with E-state index in [9.17, 15) is 0 Å². The average molecular weight is 715 g/mol. The highest BCUT2D eigenvalue weighted by atomic mass is 32.2. The van der Waals surface area contributed by atoms with E-state index in [-0.39, 0.29) is 46.6 Å². The van der Waals surface area contributed by atoms with Gasteiger partial charge in [0.1, 0.15) is 6.17 Å². The minimum atomic E-state index is -0.218. The van der Waals surface area contributed by atoms with Gasteiger partial charge in [-0.05, 0) is 66.2 Å². The smallest absolute Gasteiger partial charge is 0.104 e. The van der Waals surface area contributed by atoms with E-state index >= 15 is 0 Å². The summed E-state index contributed by atoms with van der Waals surface area (Å²) in [5.41, 5.74) is 26.0. The summed E-state index contributed by atoms with van der Waals surface area (Å²) in [5, 5.41) is 7.46. The van der Waals surface area contributed by atoms with Crippen molar-refractivity contribution < 1.29 is 0 Å². The maximum atomic E-state index is 6.72. The molecule has 0 radical (unpaired) electrons. The van der Waals surface area contributed by atoms with Crippen molar-refractivity contribution in [3.63, 3.8) is 0 Å². The number of nitrogens with one attached hydrogen (secondary N) is 2. The molecule has 3 aromatic carbocycles. The van der Waals surface area contributed by atoms with Crippen molar-refractivity contribution in [1.29, 1.82) is 0 Å². The molecule has 0 spiro atoms. The Hall–Kier alpha value is -4.65. The molecule has 4 aliphatic carbocycles. The minimum absolute atomic E-state index is 0.0296. The van der Waals surface area contributed by atoms with Gasteiger partial charge in [0.2, 0.25) is 0 Å². The molecule has 0 fully saturated rings. The summed E-state index contributed by atoms with van der Waals surface area (Å²) in [5.74, 6) is 0.955. The highest BCUT2D eigenvalue weighted by Gasteiger charge is 2.37. The zero-order valence-corrected chi connectivity index (χ0v) is 31.4. The van der Waals surface area contributed by atoms with Crippen LogP contribution in [0.5, 0.6) is 0 Å². The number of hydrogen-bond donors (Lipinski definition) is 4. The second-order valence-electron chi connectivity index (χ2n) is 14.9. The topological polar surface area (TPSA) is 76.1 Å². The first-order valence-electron chi connectivity index (χ1n) is 19.0. The van der Waals surface area contributed by atoms with Crippen LogP contribution < -0.4 is 22.1 Å². The van der Waals surface area contributed by atoms with Crippen LogP contribution in [0.3, 0.4) is 0 Å². The highest BCUT2D eigenvalue weighted by Crippen LogP contribution is 2.47. The van der Waals surface area contributed by atoms with Crippen molar-refractivity contribution in [2.24, 2.45) is 35.1 Å². The normalized spacial score (nSPS) is 27.2. The maximum absolute atomic E-state index is 6.72. The third-order valence-electron chi connectivity index (χ3n) is 11.2. The number of benzene rings is 3. The van der Waals surface area contributed by atoms with Gasteiger partial charge in [-0.2, -0.15) is 0 Å². The van der Waals surface area contributed by atoms with Gasteiger partial charge in [-0.3, -0.25) is 5.32 Å². The van der Waals surface area contributed by atoms with Gasteiger partial charge in [-0.15, -0.1) is 11.8 Å². The van der Waals surface area contributed by atoms with Crippen LogP contribution in [0.2, 0.25) is 0 Å². The average Bonchev–Trinajstić information content (AvgIpc) is 3.20. The fourth-order valence-corrected chi connectivity index (χ4v) is 9.56. The third kappa shape index (κ3) is 7.71. The summed E-state index contributed by atoms with van der Waals surface area (Å²) in [6.45, 7) is 4.22. The van der Waals surface area contributed by atoms with Gasteiger partial charge in [0.25, 0.3) is 0 Å². The van der Waals surface area contributed by atoms with Crippen LogP contribution in [0.4, 0.5) is 0 Å². The van der Waals surface area contributed by atoms with Crippen molar-refractivity contribution in [2.75, 3.05) is 0 Å². The number of thioether (sulfide) groups is 1. The molecular weight excluding hydrogens is 665 g/mol. The van der Waals surface area contributed by atoms with E-state index in [1.807, 2.05) is 0 Å². The third-order valence-corrected chi connectivity index (χ3v) is 12.4. The first-order valence-corrected chi connectivity index (χ1v) is 20.0. The molecule has 0 aromatic heterocycles. The molecule has 4 nitrogen and oxygen atoms in total. The van der Waals surface area contributed by atoms with Crippen LogP contribution in [0.25, 0.3) is 5.57 Å². The molecule has 6 N–H and O–H groups in total. The summed E-state index contributed by atoms with van der Waals surface area (Å²) < 4.78 is 0. The molecule has 8 unspecified atom stereocenters. The van der Waals surface area contributed by atoms with Crippen LogP contribution in [0.1, 0.15) is 63.1 Å². The van der Waals surface area contributed by atoms with Gasteiger partial charge in [-0.25, -0.2) is 0 Å². The van der Waals surface area contributed by atoms with Crippen molar-refractivity contribution in [2.45, 2.75) is 49.6 Å². The Morgan fingerprint density at radius 3 is 2.11 bits per heavy atom. The lowest BCUT2D eigenvalue weighted by atomic mass is 9.66. The van der Waals surface area contributed by atoms with E-state index in [0.717, 1.165) is 24.0 Å². The molecule has 5 heteroatoms. The van der Waals surface area contributed by atoms with Gasteiger partial charge in [-0.1, -0.05) is 168 Å². The molecule has 5 aliphatic rings. The second kappa shape index (κ2) is 15.8. The maximum Gasteiger partial charge on any atom is 0.104 e. The fourth-order valence-electron chi connectivity index (χ4n) is 8.63. The van der Waals surface area contributed by atoms with Gasteiger partial charge < -0.3 is 16.8 Å². The van der Waals surface area contributed by atoms with E-state index in [4.69, 9.17) is 11.5 Å². The molecular formula is C48H50N4S. The molecule has 1 aliphatic heterocycles. The van der Waals surface area contributed by atoms with Crippen LogP contribution in [-0.2, 0) is 0 Å². The molecule has 53 heavy (non-hydrogen) atoms. The summed E-state index contributed by atoms with van der Waals surface area (Å²) in [4.78, 5) is 0. The van der Waals surface area contributed by atoms with Crippen molar-refractivity contribution in [1.82, 2.24) is 10.6 Å². The van der Waals surface area contributed by atoms with Crippen LogP contribution in [-0.4, -0.2) is 6.04 Å². The number of hydrogen-bond acceptors (Lipinski definition) is 5. The van der Waals surface area contributed by atoms with E-state index < -0.39 is 0 Å². The van der Waals surface area contributed by atoms with E-state index in [0.29, 0.717) is 0 Å². The Labute approximate surface area is 319 Å². The molecule has 1 heterocycles. The number of nitrogens with two attached hydrogens (primary N) is 2. The molecule has 0 bridgehead atoms. The highest BCUT2D eigenvalue weighted by molar-refractivity contribution is 7.99. The zero-order valence-electron chi connectivity index (χ0n) is 30.6. The van der Waals surface area contributed by atoms with E-state index in [2.05, 4.69) is 182 Å². The molecule has 0 saturated carbocycles. The Balaban J connectivity index is 1.01. The summed E-state index contributed by atoms with van der Waals surface area (Å²) in [6, 6.07) is 26.3. The lowest BCUT2D eigenvalue weighted by Crippen LogP contribution is -2.47. The van der Waals surface area contributed by atoms with Crippen LogP contribution >= 0.6 is 11.8 Å². The van der Waals surface area contributed by atoms with Gasteiger partial charge in [0.15, 0.2) is 0 Å². The van der Waals surface area contributed by atoms with Gasteiger partial charge in [0.05, 0.1) is 16.8 Å². The van der Waals surface area contributed by atoms with Crippen LogP contribution in [0.15, 0.2) is 175 Å². The van der Waals surface area contributed by atoms with Crippen molar-refractivity contribution in [3.8, 4) is 0 Å². The van der Waals surface area contributed by atoms with Crippen molar-refractivity contribution in [3.05, 3.63) is 208 Å². The summed E-state index contributed by atoms with van der Waals surface area (Å²) in [7, 11) is 0. The minimum Gasteiger partial charge on any atom is -0.369 e. The molecule has 8 rings (SSSR count).